The fraction of sp³-hybridized carbons (Fsp3) is 0.143. The van der Waals surface area contributed by atoms with E-state index < -0.39 is 154 Å². The van der Waals surface area contributed by atoms with Crippen LogP contribution in [0.2, 0.25) is 0 Å². The molecule has 4 nitrogen and oxygen atoms in total. The average Bonchev–Trinajstić information content (AvgIpc) is 1.71. The number of hydrogen-bond donors (Lipinski definition) is 0. The molecule has 338 valence electrons. The summed E-state index contributed by atoms with van der Waals surface area (Å²) in [6.07, 6.45) is -0.569. The SMILES string of the molecule is [2H]c1c([2H])c([2H])c(-c2c([2H])c(-c3c([2H])c([2H])c([2H])c([2H])c3[2H])c(N3[CH-]N(c4[c-]c(C([2H])([2H])c5[c-]c6c(cc5)c5ccccc5n6-c5cc(C(C)(C)C)ccn5)cc(C(C)(C)C)c4)c4ccccc43)c(-c3c([2H])c([2H])c([2H])c([2H])c3[2H])c2[2H])c([2H])c1[2H].[Pt]. The molecule has 0 aliphatic carbocycles. The first-order valence-electron chi connectivity index (χ1n) is 31.2. The van der Waals surface area contributed by atoms with Crippen molar-refractivity contribution in [2.45, 2.75) is 58.7 Å². The van der Waals surface area contributed by atoms with Crippen LogP contribution in [0.4, 0.5) is 22.7 Å². The molecule has 68 heavy (non-hydrogen) atoms. The van der Waals surface area contributed by atoms with Gasteiger partial charge in [0.2, 0.25) is 0 Å². The molecule has 0 N–H and O–H groups in total. The monoisotopic (exact) mass is 1080 g/mol. The summed E-state index contributed by atoms with van der Waals surface area (Å²) in [6, 6.07) is 17.8. The molecule has 11 rings (SSSR count). The third-order valence-corrected chi connectivity index (χ3v) is 11.8. The van der Waals surface area contributed by atoms with Gasteiger partial charge >= 0.3 is 0 Å². The maximum absolute atomic E-state index is 10.2. The number of anilines is 4. The van der Waals surface area contributed by atoms with E-state index in [1.54, 1.807) is 53.6 Å². The fourth-order valence-corrected chi connectivity index (χ4v) is 8.40. The quantitative estimate of drug-likeness (QED) is 0.142. The van der Waals surface area contributed by atoms with E-state index in [2.05, 4.69) is 32.9 Å². The van der Waals surface area contributed by atoms with Crippen molar-refractivity contribution in [2.75, 3.05) is 9.80 Å². The molecular weight excluding hydrogens is 1010 g/mol. The summed E-state index contributed by atoms with van der Waals surface area (Å²) in [6.45, 7) is 13.7. The minimum atomic E-state index is -2.33. The van der Waals surface area contributed by atoms with Crippen molar-refractivity contribution in [1.82, 2.24) is 9.55 Å². The Morgan fingerprint density at radius 2 is 1.16 bits per heavy atom. The van der Waals surface area contributed by atoms with Crippen molar-refractivity contribution in [1.29, 1.82) is 0 Å². The molecule has 0 radical (unpaired) electrons. The number of benzene rings is 8. The van der Waals surface area contributed by atoms with E-state index in [9.17, 15) is 11.0 Å². The molecule has 0 saturated heterocycles. The Morgan fingerprint density at radius 3 is 1.79 bits per heavy atom. The maximum atomic E-state index is 10.2. The summed E-state index contributed by atoms with van der Waals surface area (Å²) in [5.74, 6) is 0.622. The zero-order valence-corrected chi connectivity index (χ0v) is 40.1. The van der Waals surface area contributed by atoms with Crippen LogP contribution in [0.25, 0.3) is 61.0 Å². The molecule has 3 heterocycles. The number of rotatable bonds is 8. The van der Waals surface area contributed by atoms with Crippen LogP contribution >= 0.6 is 0 Å². The second-order valence-electron chi connectivity index (χ2n) is 18.3. The van der Waals surface area contributed by atoms with Gasteiger partial charge in [0.25, 0.3) is 0 Å². The van der Waals surface area contributed by atoms with Crippen molar-refractivity contribution in [2.24, 2.45) is 0 Å². The van der Waals surface area contributed by atoms with Gasteiger partial charge in [-0.25, -0.2) is 4.98 Å². The molecule has 0 fully saturated rings. The number of pyridine rings is 1. The van der Waals surface area contributed by atoms with Crippen molar-refractivity contribution in [3.63, 3.8) is 0 Å². The van der Waals surface area contributed by atoms with Gasteiger partial charge in [0.05, 0.1) is 23.3 Å². The van der Waals surface area contributed by atoms with Gasteiger partial charge in [0, 0.05) is 63.7 Å². The number of nitrogens with zero attached hydrogens (tertiary/aromatic N) is 4. The van der Waals surface area contributed by atoms with Crippen LogP contribution in [0.1, 0.15) is 89.8 Å². The van der Waals surface area contributed by atoms with Crippen LogP contribution in [-0.2, 0) is 38.3 Å². The van der Waals surface area contributed by atoms with Gasteiger partial charge in [-0.05, 0) is 92.8 Å². The van der Waals surface area contributed by atoms with E-state index in [1.165, 1.54) is 11.6 Å². The normalized spacial score (nSPS) is 16.8. The smallest absolute Gasteiger partial charge is 0.135 e. The van der Waals surface area contributed by atoms with Crippen molar-refractivity contribution < 1.29 is 47.1 Å². The van der Waals surface area contributed by atoms with Crippen LogP contribution in [0.3, 0.4) is 0 Å². The number of aromatic nitrogens is 2. The molecule has 0 unspecified atom stereocenters. The zero-order valence-electron chi connectivity index (χ0n) is 56.8. The first-order chi connectivity index (χ1) is 40.3. The van der Waals surface area contributed by atoms with Crippen molar-refractivity contribution in [3.8, 4) is 39.2 Å². The minimum absolute atomic E-state index is 0. The Balaban J connectivity index is 0.00000838. The third kappa shape index (κ3) is 8.37. The second kappa shape index (κ2) is 17.9. The van der Waals surface area contributed by atoms with Gasteiger partial charge in [-0.3, -0.25) is 0 Å². The van der Waals surface area contributed by atoms with Crippen molar-refractivity contribution >= 4 is 44.6 Å². The van der Waals surface area contributed by atoms with E-state index in [0.717, 1.165) is 21.9 Å². The van der Waals surface area contributed by atoms with E-state index in [1.807, 2.05) is 67.8 Å². The molecule has 0 atom stereocenters. The second-order valence-corrected chi connectivity index (χ2v) is 18.3. The molecule has 8 aromatic carbocycles. The summed E-state index contributed by atoms with van der Waals surface area (Å²) in [5.41, 5.74) is -1.10. The summed E-state index contributed by atoms with van der Waals surface area (Å²) in [4.78, 5) is 7.80. The first kappa shape index (κ1) is 27.7. The maximum Gasteiger partial charge on any atom is 0.135 e. The van der Waals surface area contributed by atoms with Crippen LogP contribution in [0, 0.1) is 18.8 Å². The van der Waals surface area contributed by atoms with E-state index >= 15 is 0 Å². The molecule has 2 aromatic heterocycles. The summed E-state index contributed by atoms with van der Waals surface area (Å²) in [7, 11) is 0. The predicted molar refractivity (Wildman–Crippen MR) is 281 cm³/mol. The molecule has 0 amide bonds. The van der Waals surface area contributed by atoms with Gasteiger partial charge < -0.3 is 14.4 Å². The number of hydrogen-bond acceptors (Lipinski definition) is 3. The zero-order chi connectivity index (χ0) is 62.5. The molecule has 5 heteroatoms. The minimum Gasteiger partial charge on any atom is -0.493 e. The molecule has 1 aliphatic heterocycles. The Labute approximate surface area is 442 Å². The van der Waals surface area contributed by atoms with Crippen LogP contribution in [0.15, 0.2) is 194 Å². The van der Waals surface area contributed by atoms with Crippen LogP contribution in [-0.4, -0.2) is 9.55 Å². The molecule has 10 aromatic rings. The van der Waals surface area contributed by atoms with Gasteiger partial charge in [-0.2, -0.15) is 47.0 Å². The molecule has 0 saturated carbocycles. The largest absolute Gasteiger partial charge is 0.493 e. The number of para-hydroxylation sites is 3. The molecule has 0 spiro atoms. The molecular formula is C63H53N4Pt-3. The topological polar surface area (TPSA) is 24.3 Å². The Kier molecular flexibility index (Phi) is 7.30. The third-order valence-electron chi connectivity index (χ3n) is 11.8. The van der Waals surface area contributed by atoms with Gasteiger partial charge in [-0.15, -0.1) is 23.8 Å². The van der Waals surface area contributed by atoms with E-state index in [4.69, 9.17) is 20.1 Å². The fourth-order valence-electron chi connectivity index (χ4n) is 8.40. The van der Waals surface area contributed by atoms with Gasteiger partial charge in [-0.1, -0.05) is 168 Å². The average molecular weight is 1080 g/mol. The number of fused-ring (bicyclic) bond motifs is 4. The van der Waals surface area contributed by atoms with Crippen molar-refractivity contribution in [3.05, 3.63) is 235 Å². The molecule has 0 bridgehead atoms. The Bertz CT molecular complexity index is 4380. The van der Waals surface area contributed by atoms with Crippen LogP contribution in [0.5, 0.6) is 0 Å². The van der Waals surface area contributed by atoms with Gasteiger partial charge in [0.1, 0.15) is 5.82 Å². The first-order valence-corrected chi connectivity index (χ1v) is 21.7. The van der Waals surface area contributed by atoms with E-state index in [0.29, 0.717) is 22.6 Å². The van der Waals surface area contributed by atoms with Crippen LogP contribution < -0.4 is 9.80 Å². The predicted octanol–water partition coefficient (Wildman–Crippen LogP) is 16.4. The summed E-state index contributed by atoms with van der Waals surface area (Å²) in [5, 5.41) is 1.73. The van der Waals surface area contributed by atoms with Gasteiger partial charge in [0.15, 0.2) is 0 Å². The summed E-state index contributed by atoms with van der Waals surface area (Å²) >= 11 is 0. The Hall–Kier alpha value is -7.00. The summed E-state index contributed by atoms with van der Waals surface area (Å²) < 4.78 is 177. The standard InChI is InChI=1S/C63H53N4.Pt/c1-62(2,3)49-32-33-64-60(41-49)67-56-27-17-16-26-52(56)53-31-30-43(37-59(53)67)34-44-35-50(63(4,5)6)40-51(36-44)65-42-66(58-29-19-18-28-57(58)65)61-54(46-22-12-8-13-23-46)38-48(45-20-10-7-11-21-45)39-55(61)47-24-14-9-15-25-47;/h7-33,35,38-42H,34H2,1-6H3;/q-3;/i7D,8D,9D,10D,11D,12D,13D,14D,15D,20D,21D,22D,23D,24D,25D,34D2,38D,39D;. The molecule has 1 aliphatic rings. The Morgan fingerprint density at radius 1 is 0.574 bits per heavy atom. The van der Waals surface area contributed by atoms with E-state index in [-0.39, 0.29) is 49.0 Å².